The van der Waals surface area contributed by atoms with E-state index in [1.54, 1.807) is 11.3 Å². The van der Waals surface area contributed by atoms with Crippen LogP contribution in [0.25, 0.3) is 11.0 Å². The molecule has 3 atom stereocenters. The van der Waals surface area contributed by atoms with Gasteiger partial charge in [-0.2, -0.15) is 0 Å². The molecule has 4 rings (SSSR count). The Bertz CT molecular complexity index is 913. The number of nitrogens with one attached hydrogen (secondary N) is 2. The number of fused-ring (bicyclic) bond motifs is 1. The van der Waals surface area contributed by atoms with Gasteiger partial charge in [0.15, 0.2) is 5.06 Å². The van der Waals surface area contributed by atoms with E-state index in [0.29, 0.717) is 12.5 Å². The number of hydrogen-bond donors (Lipinski definition) is 2. The first-order chi connectivity index (χ1) is 13.1. The number of para-hydroxylation sites is 2. The molecule has 6 heteroatoms. The summed E-state index contributed by atoms with van der Waals surface area (Å²) in [5.74, 6) is 1.54. The maximum atomic E-state index is 12.8. The summed E-state index contributed by atoms with van der Waals surface area (Å²) in [4.78, 5) is 22.0. The van der Waals surface area contributed by atoms with E-state index in [4.69, 9.17) is 4.74 Å². The normalized spacial score (nSPS) is 20.0. The van der Waals surface area contributed by atoms with E-state index < -0.39 is 0 Å². The van der Waals surface area contributed by atoms with Gasteiger partial charge in [-0.05, 0) is 43.5 Å². The lowest BCUT2D eigenvalue weighted by Gasteiger charge is -2.21. The third-order valence-electron chi connectivity index (χ3n) is 5.05. The summed E-state index contributed by atoms with van der Waals surface area (Å²) in [5, 5.41) is 4.16. The fourth-order valence-corrected chi connectivity index (χ4v) is 4.62. The Kier molecular flexibility index (Phi) is 4.91. The van der Waals surface area contributed by atoms with Gasteiger partial charge in [0.05, 0.1) is 23.7 Å². The van der Waals surface area contributed by atoms with Crippen molar-refractivity contribution in [3.8, 4) is 5.06 Å². The average Bonchev–Trinajstić information content (AvgIpc) is 3.12. The van der Waals surface area contributed by atoms with Gasteiger partial charge >= 0.3 is 0 Å². The van der Waals surface area contributed by atoms with Gasteiger partial charge in [-0.25, -0.2) is 4.98 Å². The zero-order valence-corrected chi connectivity index (χ0v) is 16.7. The molecule has 2 N–H and O–H groups in total. The largest absolute Gasteiger partial charge is 0.484 e. The molecule has 2 aromatic heterocycles. The number of imidazole rings is 1. The van der Waals surface area contributed by atoms with Crippen LogP contribution in [0.1, 0.15) is 49.9 Å². The minimum atomic E-state index is -0.00173. The van der Waals surface area contributed by atoms with Gasteiger partial charge in [-0.3, -0.25) is 4.79 Å². The molecule has 1 fully saturated rings. The number of aromatic nitrogens is 2. The number of nitrogens with zero attached hydrogens (tertiary/aromatic N) is 1. The van der Waals surface area contributed by atoms with Crippen molar-refractivity contribution in [3.05, 3.63) is 47.1 Å². The molecule has 0 saturated heterocycles. The molecular formula is C21H25N3O2S. The number of ether oxygens (including phenoxy) is 1. The van der Waals surface area contributed by atoms with E-state index in [1.165, 1.54) is 0 Å². The summed E-state index contributed by atoms with van der Waals surface area (Å²) in [7, 11) is 0. The molecule has 2 unspecified atom stereocenters. The van der Waals surface area contributed by atoms with Gasteiger partial charge in [0, 0.05) is 16.7 Å². The number of H-pyrrole nitrogens is 1. The Morgan fingerprint density at radius 1 is 1.33 bits per heavy atom. The molecule has 2 heterocycles. The second-order valence-corrected chi connectivity index (χ2v) is 8.49. The molecule has 1 aliphatic carbocycles. The van der Waals surface area contributed by atoms with Gasteiger partial charge in [-0.15, -0.1) is 11.3 Å². The zero-order valence-electron chi connectivity index (χ0n) is 15.9. The molecule has 1 aliphatic rings. The number of carbonyl (C=O) groups is 1. The minimum Gasteiger partial charge on any atom is -0.484 e. The Morgan fingerprint density at radius 2 is 2.15 bits per heavy atom. The van der Waals surface area contributed by atoms with E-state index in [1.807, 2.05) is 37.3 Å². The number of aromatic amines is 1. The van der Waals surface area contributed by atoms with Crippen molar-refractivity contribution in [1.82, 2.24) is 15.3 Å². The highest BCUT2D eigenvalue weighted by Gasteiger charge is 2.46. The van der Waals surface area contributed by atoms with Crippen molar-refractivity contribution >= 4 is 28.3 Å². The molecule has 0 bridgehead atoms. The average molecular weight is 384 g/mol. The van der Waals surface area contributed by atoms with Crippen LogP contribution in [-0.2, 0) is 4.79 Å². The van der Waals surface area contributed by atoms with Crippen LogP contribution in [0, 0.1) is 11.8 Å². The van der Waals surface area contributed by atoms with Crippen molar-refractivity contribution in [2.75, 3.05) is 6.61 Å². The molecular weight excluding hydrogens is 358 g/mol. The summed E-state index contributed by atoms with van der Waals surface area (Å²) in [6, 6.07) is 12.0. The lowest BCUT2D eigenvalue weighted by atomic mass is 10.0. The van der Waals surface area contributed by atoms with Crippen LogP contribution in [-0.4, -0.2) is 22.5 Å². The quantitative estimate of drug-likeness (QED) is 0.624. The van der Waals surface area contributed by atoms with E-state index in [2.05, 4.69) is 35.2 Å². The Hall–Kier alpha value is -2.34. The van der Waals surface area contributed by atoms with Crippen LogP contribution in [0.15, 0.2) is 36.4 Å². The predicted octanol–water partition coefficient (Wildman–Crippen LogP) is 4.64. The number of amides is 1. The molecule has 1 aromatic carbocycles. The van der Waals surface area contributed by atoms with Crippen molar-refractivity contribution in [2.45, 2.75) is 39.2 Å². The third-order valence-corrected chi connectivity index (χ3v) is 6.13. The van der Waals surface area contributed by atoms with Crippen molar-refractivity contribution in [1.29, 1.82) is 0 Å². The molecule has 142 valence electrons. The molecule has 0 spiro atoms. The highest BCUT2D eigenvalue weighted by Crippen LogP contribution is 2.47. The van der Waals surface area contributed by atoms with Crippen LogP contribution in [0.4, 0.5) is 0 Å². The summed E-state index contributed by atoms with van der Waals surface area (Å²) in [5.41, 5.74) is 1.99. The molecule has 1 amide bonds. The fraction of sp³-hybridized carbons (Fsp3) is 0.429. The number of hydrogen-bond acceptors (Lipinski definition) is 4. The van der Waals surface area contributed by atoms with Crippen LogP contribution < -0.4 is 10.1 Å². The van der Waals surface area contributed by atoms with Crippen molar-refractivity contribution in [2.24, 2.45) is 11.8 Å². The number of carbonyl (C=O) groups excluding carboxylic acids is 1. The number of thiophene rings is 1. The second-order valence-electron chi connectivity index (χ2n) is 7.41. The van der Waals surface area contributed by atoms with E-state index >= 15 is 0 Å². The summed E-state index contributed by atoms with van der Waals surface area (Å²) < 4.78 is 5.58. The summed E-state index contributed by atoms with van der Waals surface area (Å²) >= 11 is 1.61. The van der Waals surface area contributed by atoms with Crippen LogP contribution in [0.3, 0.4) is 0 Å². The van der Waals surface area contributed by atoms with E-state index in [0.717, 1.165) is 33.2 Å². The molecule has 27 heavy (non-hydrogen) atoms. The second kappa shape index (κ2) is 7.35. The van der Waals surface area contributed by atoms with Gasteiger partial charge in [-0.1, -0.05) is 26.0 Å². The highest BCUT2D eigenvalue weighted by molar-refractivity contribution is 7.13. The van der Waals surface area contributed by atoms with Crippen LogP contribution in [0.5, 0.6) is 5.06 Å². The third kappa shape index (κ3) is 3.72. The Morgan fingerprint density at radius 3 is 2.89 bits per heavy atom. The topological polar surface area (TPSA) is 67.0 Å². The van der Waals surface area contributed by atoms with E-state index in [-0.39, 0.29) is 23.8 Å². The SMILES string of the molecule is CCOc1ccc([C@H](NC(=O)C2CC2c2nc3ccccc3[nH]2)C(C)C)s1. The maximum absolute atomic E-state index is 12.8. The predicted molar refractivity (Wildman–Crippen MR) is 108 cm³/mol. The zero-order chi connectivity index (χ0) is 19.0. The summed E-state index contributed by atoms with van der Waals surface area (Å²) in [6.07, 6.45) is 0.852. The highest BCUT2D eigenvalue weighted by atomic mass is 32.1. The first kappa shape index (κ1) is 18.0. The van der Waals surface area contributed by atoms with Gasteiger partial charge < -0.3 is 15.0 Å². The molecule has 0 aliphatic heterocycles. The number of rotatable bonds is 7. The van der Waals surface area contributed by atoms with E-state index in [9.17, 15) is 4.79 Å². The number of benzene rings is 1. The summed E-state index contributed by atoms with van der Waals surface area (Å²) in [6.45, 7) is 6.90. The Labute approximate surface area is 163 Å². The van der Waals surface area contributed by atoms with Crippen LogP contribution in [0.2, 0.25) is 0 Å². The lowest BCUT2D eigenvalue weighted by molar-refractivity contribution is -0.123. The monoisotopic (exact) mass is 383 g/mol. The molecule has 1 saturated carbocycles. The van der Waals surface area contributed by atoms with Crippen molar-refractivity contribution in [3.63, 3.8) is 0 Å². The van der Waals surface area contributed by atoms with Gasteiger partial charge in [0.1, 0.15) is 5.82 Å². The van der Waals surface area contributed by atoms with Gasteiger partial charge in [0.25, 0.3) is 0 Å². The molecule has 3 aromatic rings. The minimum absolute atomic E-state index is 0.00173. The Balaban J connectivity index is 1.44. The maximum Gasteiger partial charge on any atom is 0.224 e. The van der Waals surface area contributed by atoms with Crippen molar-refractivity contribution < 1.29 is 9.53 Å². The smallest absolute Gasteiger partial charge is 0.224 e. The first-order valence-electron chi connectivity index (χ1n) is 9.54. The fourth-order valence-electron chi connectivity index (χ4n) is 3.48. The molecule has 0 radical (unpaired) electrons. The first-order valence-corrected chi connectivity index (χ1v) is 10.4. The van der Waals surface area contributed by atoms with Gasteiger partial charge in [0.2, 0.25) is 5.91 Å². The molecule has 5 nitrogen and oxygen atoms in total. The standard InChI is InChI=1S/C21H25N3O2S/c1-4-26-18-10-9-17(27-18)19(12(2)3)24-21(25)14-11-13(14)20-22-15-7-5-6-8-16(15)23-20/h5-10,12-14,19H,4,11H2,1-3H3,(H,22,23)(H,24,25)/t13?,14?,19-/m1/s1. The van der Waals surface area contributed by atoms with Crippen LogP contribution >= 0.6 is 11.3 Å². The lowest BCUT2D eigenvalue weighted by Crippen LogP contribution is -2.32.